The van der Waals surface area contributed by atoms with E-state index in [0.717, 1.165) is 19.5 Å². The number of nitrogens with one attached hydrogen (secondary N) is 1. The van der Waals surface area contributed by atoms with Crippen molar-refractivity contribution in [3.63, 3.8) is 0 Å². The van der Waals surface area contributed by atoms with E-state index in [9.17, 15) is 9.90 Å². The van der Waals surface area contributed by atoms with E-state index in [1.807, 2.05) is 20.8 Å². The molecule has 4 heteroatoms. The maximum Gasteiger partial charge on any atom is 0.225 e. The Labute approximate surface area is 127 Å². The summed E-state index contributed by atoms with van der Waals surface area (Å²) < 4.78 is 0. The molecule has 0 bridgehead atoms. The minimum absolute atomic E-state index is 0.0226. The maximum absolute atomic E-state index is 11.8. The van der Waals surface area contributed by atoms with Crippen molar-refractivity contribution in [1.29, 1.82) is 0 Å². The normalized spacial score (nSPS) is 17.1. The molecule has 0 aromatic heterocycles. The lowest BCUT2D eigenvalue weighted by Gasteiger charge is -2.30. The highest BCUT2D eigenvalue weighted by Gasteiger charge is 2.23. The highest BCUT2D eigenvalue weighted by Crippen LogP contribution is 2.18. The molecular weight excluding hydrogens is 264 g/mol. The van der Waals surface area contributed by atoms with Crippen LogP contribution in [0.1, 0.15) is 31.9 Å². The van der Waals surface area contributed by atoms with Gasteiger partial charge in [0.2, 0.25) is 5.91 Å². The monoisotopic (exact) mass is 290 g/mol. The highest BCUT2D eigenvalue weighted by atomic mass is 16.3. The van der Waals surface area contributed by atoms with Gasteiger partial charge >= 0.3 is 0 Å². The largest absolute Gasteiger partial charge is 0.390 e. The first-order valence-electron chi connectivity index (χ1n) is 7.62. The van der Waals surface area contributed by atoms with Gasteiger partial charge in [0.1, 0.15) is 0 Å². The second-order valence-electron chi connectivity index (χ2n) is 6.87. The molecule has 1 amide bonds. The molecule has 1 aliphatic rings. The van der Waals surface area contributed by atoms with E-state index >= 15 is 0 Å². The summed E-state index contributed by atoms with van der Waals surface area (Å²) in [5, 5.41) is 12.9. The van der Waals surface area contributed by atoms with Crippen LogP contribution in [0, 0.1) is 5.41 Å². The quantitative estimate of drug-likeness (QED) is 0.885. The second-order valence-corrected chi connectivity index (χ2v) is 6.87. The van der Waals surface area contributed by atoms with Crippen LogP contribution in [-0.4, -0.2) is 41.7 Å². The third kappa shape index (κ3) is 4.55. The molecule has 21 heavy (non-hydrogen) atoms. The first kappa shape index (κ1) is 16.0. The van der Waals surface area contributed by atoms with Crippen molar-refractivity contribution < 1.29 is 9.90 Å². The molecule has 0 spiro atoms. The summed E-state index contributed by atoms with van der Waals surface area (Å²) in [5.41, 5.74) is 2.34. The molecule has 0 aliphatic carbocycles. The van der Waals surface area contributed by atoms with Crippen molar-refractivity contribution in [2.45, 2.75) is 39.8 Å². The van der Waals surface area contributed by atoms with Crippen LogP contribution in [-0.2, 0) is 17.8 Å². The van der Waals surface area contributed by atoms with Crippen molar-refractivity contribution >= 4 is 5.91 Å². The average molecular weight is 290 g/mol. The molecule has 0 saturated heterocycles. The predicted octanol–water partition coefficient (Wildman–Crippen LogP) is 1.57. The summed E-state index contributed by atoms with van der Waals surface area (Å²) in [6.07, 6.45) is 0.499. The molecule has 2 rings (SSSR count). The van der Waals surface area contributed by atoms with E-state index in [0.29, 0.717) is 13.1 Å². The molecule has 1 aromatic rings. The van der Waals surface area contributed by atoms with Gasteiger partial charge in [0.25, 0.3) is 0 Å². The molecule has 116 valence electrons. The summed E-state index contributed by atoms with van der Waals surface area (Å²) >= 11 is 0. The zero-order chi connectivity index (χ0) is 15.5. The minimum Gasteiger partial charge on any atom is -0.390 e. The number of nitrogens with zero attached hydrogens (tertiary/aromatic N) is 1. The van der Waals surface area contributed by atoms with Crippen LogP contribution in [0.2, 0.25) is 0 Å². The number of aliphatic hydroxyl groups is 1. The van der Waals surface area contributed by atoms with Gasteiger partial charge in [-0.05, 0) is 17.5 Å². The fourth-order valence-electron chi connectivity index (χ4n) is 2.55. The molecule has 0 radical (unpaired) electrons. The van der Waals surface area contributed by atoms with E-state index in [-0.39, 0.29) is 5.91 Å². The van der Waals surface area contributed by atoms with Gasteiger partial charge in [-0.25, -0.2) is 0 Å². The minimum atomic E-state index is -0.526. The van der Waals surface area contributed by atoms with E-state index in [2.05, 4.69) is 34.5 Å². The van der Waals surface area contributed by atoms with Gasteiger partial charge in [-0.3, -0.25) is 9.69 Å². The number of benzene rings is 1. The third-order valence-electron chi connectivity index (χ3n) is 3.86. The van der Waals surface area contributed by atoms with Crippen molar-refractivity contribution in [2.24, 2.45) is 5.41 Å². The zero-order valence-electron chi connectivity index (χ0n) is 13.2. The van der Waals surface area contributed by atoms with Crippen LogP contribution in [0.4, 0.5) is 0 Å². The maximum atomic E-state index is 11.8. The number of carbonyl (C=O) groups is 1. The highest BCUT2D eigenvalue weighted by molar-refractivity contribution is 5.81. The Morgan fingerprint density at radius 1 is 1.33 bits per heavy atom. The average Bonchev–Trinajstić information content (AvgIpc) is 2.43. The lowest BCUT2D eigenvalue weighted by atomic mass is 9.95. The molecule has 4 nitrogen and oxygen atoms in total. The third-order valence-corrected chi connectivity index (χ3v) is 3.86. The SMILES string of the molecule is CC(C)(C)C(=O)NCC(O)CN1CCc2ccccc2C1. The molecule has 1 aromatic carbocycles. The molecule has 1 heterocycles. The summed E-state index contributed by atoms with van der Waals surface area (Å²) in [6, 6.07) is 8.45. The van der Waals surface area contributed by atoms with Crippen LogP contribution in [0.3, 0.4) is 0 Å². The topological polar surface area (TPSA) is 52.6 Å². The standard InChI is InChI=1S/C17H26N2O2/c1-17(2,3)16(21)18-10-15(20)12-19-9-8-13-6-4-5-7-14(13)11-19/h4-7,15,20H,8-12H2,1-3H3,(H,18,21). The number of fused-ring (bicyclic) bond motifs is 1. The molecule has 0 fully saturated rings. The molecule has 1 unspecified atom stereocenters. The smallest absolute Gasteiger partial charge is 0.225 e. The molecule has 1 atom stereocenters. The van der Waals surface area contributed by atoms with Crippen LogP contribution in [0.15, 0.2) is 24.3 Å². The lowest BCUT2D eigenvalue weighted by Crippen LogP contribution is -2.44. The van der Waals surface area contributed by atoms with Crippen molar-refractivity contribution in [1.82, 2.24) is 10.2 Å². The lowest BCUT2D eigenvalue weighted by molar-refractivity contribution is -0.129. The van der Waals surface area contributed by atoms with E-state index in [4.69, 9.17) is 0 Å². The van der Waals surface area contributed by atoms with Crippen LogP contribution in [0.25, 0.3) is 0 Å². The predicted molar refractivity (Wildman–Crippen MR) is 83.9 cm³/mol. The van der Waals surface area contributed by atoms with Crippen molar-refractivity contribution in [3.8, 4) is 0 Å². The van der Waals surface area contributed by atoms with Gasteiger partial charge in [0.05, 0.1) is 6.10 Å². The fraction of sp³-hybridized carbons (Fsp3) is 0.588. The number of amides is 1. The van der Waals surface area contributed by atoms with Crippen molar-refractivity contribution in [3.05, 3.63) is 35.4 Å². The summed E-state index contributed by atoms with van der Waals surface area (Å²) in [4.78, 5) is 14.0. The van der Waals surface area contributed by atoms with Crippen LogP contribution < -0.4 is 5.32 Å². The summed E-state index contributed by atoms with van der Waals surface area (Å²) in [5.74, 6) is -0.0226. The van der Waals surface area contributed by atoms with E-state index < -0.39 is 11.5 Å². The van der Waals surface area contributed by atoms with Gasteiger partial charge in [-0.2, -0.15) is 0 Å². The Kier molecular flexibility index (Phi) is 5.01. The Hall–Kier alpha value is -1.39. The van der Waals surface area contributed by atoms with Gasteiger partial charge in [0.15, 0.2) is 0 Å². The number of aliphatic hydroxyl groups excluding tert-OH is 1. The van der Waals surface area contributed by atoms with Gasteiger partial charge in [0, 0.05) is 31.6 Å². The molecular formula is C17H26N2O2. The summed E-state index contributed by atoms with van der Waals surface area (Å²) in [6.45, 7) is 8.36. The first-order valence-corrected chi connectivity index (χ1v) is 7.62. The Morgan fingerprint density at radius 3 is 2.67 bits per heavy atom. The fourth-order valence-corrected chi connectivity index (χ4v) is 2.55. The van der Waals surface area contributed by atoms with Crippen LogP contribution in [0.5, 0.6) is 0 Å². The zero-order valence-corrected chi connectivity index (χ0v) is 13.2. The molecule has 2 N–H and O–H groups in total. The van der Waals surface area contributed by atoms with E-state index in [1.165, 1.54) is 11.1 Å². The van der Waals surface area contributed by atoms with Gasteiger partial charge in [-0.1, -0.05) is 45.0 Å². The Bertz CT molecular complexity index is 494. The number of β-amino-alcohol motifs (C(OH)–C–C–N with tert-alkyl or cyclic N) is 1. The number of carbonyl (C=O) groups excluding carboxylic acids is 1. The Morgan fingerprint density at radius 2 is 2.00 bits per heavy atom. The van der Waals surface area contributed by atoms with Crippen molar-refractivity contribution in [2.75, 3.05) is 19.6 Å². The molecule has 0 saturated carbocycles. The van der Waals surface area contributed by atoms with Crippen LogP contribution >= 0.6 is 0 Å². The Balaban J connectivity index is 1.79. The number of hydrogen-bond donors (Lipinski definition) is 2. The number of rotatable bonds is 4. The molecule has 1 aliphatic heterocycles. The van der Waals surface area contributed by atoms with Gasteiger partial charge in [-0.15, -0.1) is 0 Å². The summed E-state index contributed by atoms with van der Waals surface area (Å²) in [7, 11) is 0. The number of hydrogen-bond acceptors (Lipinski definition) is 3. The first-order chi connectivity index (χ1) is 9.86. The van der Waals surface area contributed by atoms with Gasteiger partial charge < -0.3 is 10.4 Å². The second kappa shape index (κ2) is 6.58. The van der Waals surface area contributed by atoms with E-state index in [1.54, 1.807) is 0 Å².